The first-order valence-corrected chi connectivity index (χ1v) is 11.3. The minimum Gasteiger partial charge on any atom is -0.477 e. The average Bonchev–Trinajstić information content (AvgIpc) is 3.15. The highest BCUT2D eigenvalue weighted by molar-refractivity contribution is 8.03. The first kappa shape index (κ1) is 20.7. The molecular weight excluding hydrogens is 392 g/mol. The van der Waals surface area contributed by atoms with Crippen LogP contribution in [-0.4, -0.2) is 80.3 Å². The van der Waals surface area contributed by atoms with Gasteiger partial charge >= 0.3 is 5.97 Å². The second-order valence-corrected chi connectivity index (χ2v) is 10.2. The molecule has 4 rings (SSSR count). The molecule has 0 aromatic carbocycles. The molecule has 8 nitrogen and oxygen atoms in total. The first-order valence-electron chi connectivity index (χ1n) is 10.4. The fraction of sp³-hybridized carbons (Fsp3) is 0.750. The van der Waals surface area contributed by atoms with Crippen molar-refractivity contribution in [2.24, 2.45) is 11.8 Å². The van der Waals surface area contributed by atoms with Gasteiger partial charge < -0.3 is 25.3 Å². The maximum atomic E-state index is 12.4. The lowest BCUT2D eigenvalue weighted by atomic mass is 9.79. The molecule has 0 unspecified atom stereocenters. The number of rotatable bonds is 6. The number of carbonyl (C=O) groups excluding carboxylic acids is 1. The third kappa shape index (κ3) is 3.47. The molecule has 0 spiro atoms. The Morgan fingerprint density at radius 3 is 2.59 bits per heavy atom. The van der Waals surface area contributed by atoms with E-state index in [-0.39, 0.29) is 23.6 Å². The highest BCUT2D eigenvalue weighted by Crippen LogP contribution is 2.53. The van der Waals surface area contributed by atoms with Crippen molar-refractivity contribution >= 4 is 29.5 Å². The molecule has 1 saturated carbocycles. The predicted octanol–water partition coefficient (Wildman–Crippen LogP) is 1.07. The van der Waals surface area contributed by atoms with Gasteiger partial charge in [-0.05, 0) is 33.1 Å². The summed E-state index contributed by atoms with van der Waals surface area (Å²) in [5, 5.41) is 31.4. The molecule has 4 aliphatic rings. The number of amides is 1. The van der Waals surface area contributed by atoms with Gasteiger partial charge in [0.1, 0.15) is 5.70 Å². The van der Waals surface area contributed by atoms with Gasteiger partial charge in [0, 0.05) is 41.2 Å². The number of hydrogen-bond acceptors (Lipinski definition) is 6. The molecule has 3 fully saturated rings. The van der Waals surface area contributed by atoms with Crippen LogP contribution in [-0.2, 0) is 9.59 Å². The number of nitrogens with zero attached hydrogens (tertiary/aromatic N) is 2. The van der Waals surface area contributed by atoms with Crippen molar-refractivity contribution in [3.8, 4) is 0 Å². The van der Waals surface area contributed by atoms with Crippen LogP contribution in [0.2, 0.25) is 0 Å². The zero-order valence-electron chi connectivity index (χ0n) is 17.1. The maximum Gasteiger partial charge on any atom is 0.353 e. The van der Waals surface area contributed by atoms with Crippen LogP contribution in [0.3, 0.4) is 0 Å². The number of carboxylic acids is 1. The average molecular weight is 423 g/mol. The number of carboxylic acid groups (broad SMARTS) is 1. The Labute approximate surface area is 175 Å². The fourth-order valence-electron chi connectivity index (χ4n) is 5.19. The van der Waals surface area contributed by atoms with E-state index < -0.39 is 18.0 Å². The van der Waals surface area contributed by atoms with Crippen molar-refractivity contribution in [2.45, 2.75) is 69.5 Å². The number of aliphatic hydroxyl groups is 1. The molecule has 1 amide bonds. The summed E-state index contributed by atoms with van der Waals surface area (Å²) in [7, 11) is 0. The van der Waals surface area contributed by atoms with Crippen LogP contribution in [0.1, 0.15) is 40.0 Å². The molecule has 29 heavy (non-hydrogen) atoms. The highest BCUT2D eigenvalue weighted by Gasteiger charge is 2.60. The molecule has 0 aromatic rings. The number of thioether (sulfide) groups is 1. The number of aliphatic hydroxyl groups excluding tert-OH is 1. The Morgan fingerprint density at radius 2 is 2.03 bits per heavy atom. The lowest BCUT2D eigenvalue weighted by molar-refractivity contribution is -0.163. The smallest absolute Gasteiger partial charge is 0.353 e. The van der Waals surface area contributed by atoms with Gasteiger partial charge in [0.15, 0.2) is 0 Å². The molecule has 1 aliphatic carbocycles. The molecule has 9 heteroatoms. The number of β-lactam (4-membered cyclic amide) rings is 1. The van der Waals surface area contributed by atoms with Crippen LogP contribution in [0.25, 0.3) is 0 Å². The largest absolute Gasteiger partial charge is 0.477 e. The minimum absolute atomic E-state index is 0.0608. The van der Waals surface area contributed by atoms with Crippen LogP contribution in [0.15, 0.2) is 10.6 Å². The van der Waals surface area contributed by atoms with Crippen LogP contribution in [0, 0.1) is 17.2 Å². The van der Waals surface area contributed by atoms with Crippen molar-refractivity contribution in [3.63, 3.8) is 0 Å². The van der Waals surface area contributed by atoms with E-state index in [1.165, 1.54) is 4.90 Å². The van der Waals surface area contributed by atoms with Crippen molar-refractivity contribution in [2.75, 3.05) is 13.1 Å². The van der Waals surface area contributed by atoms with E-state index in [1.54, 1.807) is 18.7 Å². The minimum atomic E-state index is -1.05. The van der Waals surface area contributed by atoms with Crippen LogP contribution in [0.5, 0.6) is 0 Å². The standard InChI is InChI=1S/C20H30N4O4S/c1-9-16-15(10(2)25)19(26)24(16)17(20(27)28)18(9)29-14-6-13(7-14)22-12-4-5-23(8-12)11(3)21/h9-10,12-16,21-22,25H,4-8H2,1-3H3,(H,27,28)/t9-,10-,12+,13?,14?,15-,16-/m1/s1. The van der Waals surface area contributed by atoms with E-state index >= 15 is 0 Å². The van der Waals surface area contributed by atoms with Crippen molar-refractivity contribution in [3.05, 3.63) is 10.6 Å². The molecule has 0 aromatic heterocycles. The van der Waals surface area contributed by atoms with E-state index in [0.717, 1.165) is 37.3 Å². The van der Waals surface area contributed by atoms with Crippen LogP contribution >= 0.6 is 11.8 Å². The summed E-state index contributed by atoms with van der Waals surface area (Å²) in [5.41, 5.74) is 0.124. The van der Waals surface area contributed by atoms with Gasteiger partial charge in [0.2, 0.25) is 5.91 Å². The summed E-state index contributed by atoms with van der Waals surface area (Å²) in [5.74, 6) is -1.27. The third-order valence-corrected chi connectivity index (χ3v) is 8.37. The van der Waals surface area contributed by atoms with Crippen molar-refractivity contribution < 1.29 is 19.8 Å². The van der Waals surface area contributed by atoms with Gasteiger partial charge in [-0.25, -0.2) is 4.79 Å². The maximum absolute atomic E-state index is 12.4. The van der Waals surface area contributed by atoms with Gasteiger partial charge in [0.05, 0.1) is 23.9 Å². The van der Waals surface area contributed by atoms with E-state index in [9.17, 15) is 19.8 Å². The molecule has 4 N–H and O–H groups in total. The van der Waals surface area contributed by atoms with Gasteiger partial charge in [-0.15, -0.1) is 11.8 Å². The Bertz CT molecular complexity index is 764. The van der Waals surface area contributed by atoms with Gasteiger partial charge in [-0.3, -0.25) is 10.2 Å². The highest BCUT2D eigenvalue weighted by atomic mass is 32.2. The SMILES string of the molecule is CC(=N)N1CC[C@H](NC2CC(SC3=C(C(=O)O)N4C(=O)[C@H]([C@@H](C)O)[C@H]4[C@H]3C)C2)C1. The lowest BCUT2D eigenvalue weighted by Gasteiger charge is -2.46. The number of amidine groups is 1. The topological polar surface area (TPSA) is 117 Å². The van der Waals surface area contributed by atoms with Crippen molar-refractivity contribution in [1.82, 2.24) is 15.1 Å². The van der Waals surface area contributed by atoms with E-state index in [2.05, 4.69) is 10.2 Å². The van der Waals surface area contributed by atoms with Gasteiger partial charge in [-0.1, -0.05) is 6.92 Å². The summed E-state index contributed by atoms with van der Waals surface area (Å²) in [6.45, 7) is 7.21. The molecule has 2 saturated heterocycles. The molecule has 5 atom stereocenters. The Kier molecular flexibility index (Phi) is 5.41. The zero-order chi connectivity index (χ0) is 21.0. The molecule has 160 valence electrons. The summed E-state index contributed by atoms with van der Waals surface area (Å²) >= 11 is 1.61. The number of hydrogen-bond donors (Lipinski definition) is 4. The normalized spacial score (nSPS) is 37.3. The van der Waals surface area contributed by atoms with Crippen molar-refractivity contribution in [1.29, 1.82) is 5.41 Å². The lowest BCUT2D eigenvalue weighted by Crippen LogP contribution is -2.63. The monoisotopic (exact) mass is 422 g/mol. The Balaban J connectivity index is 1.35. The van der Waals surface area contributed by atoms with E-state index in [1.807, 2.05) is 13.8 Å². The van der Waals surface area contributed by atoms with Crippen LogP contribution in [0.4, 0.5) is 0 Å². The Morgan fingerprint density at radius 1 is 1.34 bits per heavy atom. The molecule has 0 bridgehead atoms. The first-order chi connectivity index (χ1) is 13.7. The molecule has 0 radical (unpaired) electrons. The van der Waals surface area contributed by atoms with E-state index in [4.69, 9.17) is 5.41 Å². The molecule has 3 aliphatic heterocycles. The fourth-order valence-corrected chi connectivity index (χ4v) is 6.86. The van der Waals surface area contributed by atoms with Crippen LogP contribution < -0.4 is 5.32 Å². The van der Waals surface area contributed by atoms with Gasteiger partial charge in [0.25, 0.3) is 0 Å². The molecular formula is C20H30N4O4S. The number of fused-ring (bicyclic) bond motifs is 1. The third-order valence-electron chi connectivity index (χ3n) is 6.83. The summed E-state index contributed by atoms with van der Waals surface area (Å²) in [6.07, 6.45) is 2.24. The second-order valence-electron chi connectivity index (χ2n) is 8.86. The zero-order valence-corrected chi connectivity index (χ0v) is 17.9. The summed E-state index contributed by atoms with van der Waals surface area (Å²) in [4.78, 5) is 28.6. The number of aliphatic carboxylic acids is 1. The van der Waals surface area contributed by atoms with E-state index in [0.29, 0.717) is 23.2 Å². The quantitative estimate of drug-likeness (QED) is 0.287. The predicted molar refractivity (Wildman–Crippen MR) is 111 cm³/mol. The second kappa shape index (κ2) is 7.59. The Hall–Kier alpha value is -1.58. The molecule has 3 heterocycles. The summed E-state index contributed by atoms with van der Waals surface area (Å²) in [6, 6.07) is 0.605. The number of carbonyl (C=O) groups is 2. The number of likely N-dealkylation sites (tertiary alicyclic amines) is 1. The number of nitrogens with one attached hydrogen (secondary N) is 2. The van der Waals surface area contributed by atoms with Gasteiger partial charge in [-0.2, -0.15) is 0 Å². The summed E-state index contributed by atoms with van der Waals surface area (Å²) < 4.78 is 0.